The van der Waals surface area contributed by atoms with Crippen LogP contribution in [-0.2, 0) is 0 Å². The molecule has 120 valence electrons. The first-order valence-electron chi connectivity index (χ1n) is 6.72. The smallest absolute Gasteiger partial charge is 0.271 e. The number of hydrazone groups is 1. The average molecular weight is 552 g/mol. The van der Waals surface area contributed by atoms with Gasteiger partial charge < -0.3 is 4.74 Å². The minimum Gasteiger partial charge on any atom is -0.492 e. The van der Waals surface area contributed by atoms with Gasteiger partial charge in [0, 0.05) is 9.13 Å². The van der Waals surface area contributed by atoms with Crippen molar-refractivity contribution < 1.29 is 9.53 Å². The molecule has 0 atom stereocenters. The summed E-state index contributed by atoms with van der Waals surface area (Å²) in [5.74, 6) is 0.497. The lowest BCUT2D eigenvalue weighted by molar-refractivity contribution is 0.0955. The molecule has 0 aromatic heterocycles. The highest BCUT2D eigenvalue weighted by Crippen LogP contribution is 2.34. The summed E-state index contributed by atoms with van der Waals surface area (Å²) in [7, 11) is 0. The number of carbonyl (C=O) groups excluding carboxylic acids is 1. The van der Waals surface area contributed by atoms with Crippen molar-refractivity contribution in [1.82, 2.24) is 5.43 Å². The molecule has 23 heavy (non-hydrogen) atoms. The Morgan fingerprint density at radius 1 is 1.30 bits per heavy atom. The lowest BCUT2D eigenvalue weighted by Crippen LogP contribution is -2.17. The second-order valence-electron chi connectivity index (χ2n) is 4.46. The van der Waals surface area contributed by atoms with Gasteiger partial charge in [0.2, 0.25) is 0 Å². The molecule has 0 saturated carbocycles. The molecule has 0 radical (unpaired) electrons. The molecule has 7 heteroatoms. The third-order valence-corrected chi connectivity index (χ3v) is 4.62. The second-order valence-corrected chi connectivity index (χ2v) is 7.41. The fraction of sp³-hybridized carbons (Fsp3) is 0.125. The zero-order chi connectivity index (χ0) is 16.8. The first kappa shape index (κ1) is 18.4. The van der Waals surface area contributed by atoms with Gasteiger partial charge in [0.15, 0.2) is 0 Å². The zero-order valence-corrected chi connectivity index (χ0v) is 17.5. The number of hydrogen-bond acceptors (Lipinski definition) is 3. The van der Waals surface area contributed by atoms with Gasteiger partial charge in [-0.05, 0) is 97.3 Å². The van der Waals surface area contributed by atoms with Gasteiger partial charge in [-0.3, -0.25) is 4.79 Å². The van der Waals surface area contributed by atoms with Crippen molar-refractivity contribution in [1.29, 1.82) is 0 Å². The number of rotatable bonds is 5. The number of ether oxygens (including phenoxy) is 1. The SMILES string of the molecule is CCOc1c(Br)cc(/C=N\NC(=O)c2cccc(I)c2)cc1Br. The van der Waals surface area contributed by atoms with Crippen LogP contribution in [0.5, 0.6) is 5.75 Å². The van der Waals surface area contributed by atoms with Gasteiger partial charge >= 0.3 is 0 Å². The quantitative estimate of drug-likeness (QED) is 0.324. The van der Waals surface area contributed by atoms with Crippen molar-refractivity contribution >= 4 is 66.6 Å². The summed E-state index contributed by atoms with van der Waals surface area (Å²) in [5.41, 5.74) is 3.92. The van der Waals surface area contributed by atoms with Crippen molar-refractivity contribution in [2.24, 2.45) is 5.10 Å². The van der Waals surface area contributed by atoms with Crippen LogP contribution in [0.1, 0.15) is 22.8 Å². The Kier molecular flexibility index (Phi) is 7.04. The van der Waals surface area contributed by atoms with Crippen molar-refractivity contribution in [3.05, 3.63) is 60.0 Å². The summed E-state index contributed by atoms with van der Waals surface area (Å²) >= 11 is 9.08. The Balaban J connectivity index is 2.07. The molecule has 1 N–H and O–H groups in total. The maximum atomic E-state index is 12.0. The Labute approximate surface area is 165 Å². The fourth-order valence-electron chi connectivity index (χ4n) is 1.80. The van der Waals surface area contributed by atoms with E-state index in [2.05, 4.69) is 65.0 Å². The molecule has 0 heterocycles. The molecule has 0 unspecified atom stereocenters. The first-order valence-corrected chi connectivity index (χ1v) is 9.38. The van der Waals surface area contributed by atoms with Gasteiger partial charge in [0.1, 0.15) is 5.75 Å². The summed E-state index contributed by atoms with van der Waals surface area (Å²) < 4.78 is 8.16. The van der Waals surface area contributed by atoms with E-state index in [9.17, 15) is 4.79 Å². The van der Waals surface area contributed by atoms with Crippen LogP contribution in [0.25, 0.3) is 0 Å². The molecule has 0 saturated heterocycles. The van der Waals surface area contributed by atoms with E-state index in [-0.39, 0.29) is 5.91 Å². The molecule has 2 aromatic carbocycles. The number of nitrogens with zero attached hydrogens (tertiary/aromatic N) is 1. The predicted molar refractivity (Wildman–Crippen MR) is 107 cm³/mol. The Bertz CT molecular complexity index is 728. The van der Waals surface area contributed by atoms with E-state index in [1.807, 2.05) is 31.2 Å². The third kappa shape index (κ3) is 5.29. The highest BCUT2D eigenvalue weighted by atomic mass is 127. The second kappa shape index (κ2) is 8.79. The van der Waals surface area contributed by atoms with Crippen LogP contribution in [0.4, 0.5) is 0 Å². The monoisotopic (exact) mass is 550 g/mol. The summed E-state index contributed by atoms with van der Waals surface area (Å²) in [6.45, 7) is 2.51. The van der Waals surface area contributed by atoms with Crippen LogP contribution in [0.2, 0.25) is 0 Å². The van der Waals surface area contributed by atoms with E-state index in [1.165, 1.54) is 0 Å². The fourth-order valence-corrected chi connectivity index (χ4v) is 3.79. The number of benzene rings is 2. The van der Waals surface area contributed by atoms with E-state index in [1.54, 1.807) is 18.3 Å². The lowest BCUT2D eigenvalue weighted by atomic mass is 10.2. The first-order chi connectivity index (χ1) is 11.0. The van der Waals surface area contributed by atoms with Crippen LogP contribution in [0, 0.1) is 3.57 Å². The summed E-state index contributed by atoms with van der Waals surface area (Å²) in [6.07, 6.45) is 1.58. The number of carbonyl (C=O) groups is 1. The van der Waals surface area contributed by atoms with Crippen LogP contribution in [0.3, 0.4) is 0 Å². The van der Waals surface area contributed by atoms with Crippen LogP contribution in [-0.4, -0.2) is 18.7 Å². The molecule has 2 aromatic rings. The number of nitrogens with one attached hydrogen (secondary N) is 1. The van der Waals surface area contributed by atoms with E-state index in [0.717, 1.165) is 23.8 Å². The van der Waals surface area contributed by atoms with E-state index in [0.29, 0.717) is 12.2 Å². The van der Waals surface area contributed by atoms with Crippen LogP contribution >= 0.6 is 54.5 Å². The molecule has 1 amide bonds. The molecule has 0 bridgehead atoms. The summed E-state index contributed by atoms with van der Waals surface area (Å²) in [6, 6.07) is 11.1. The Hall–Kier alpha value is -0.930. The van der Waals surface area contributed by atoms with Gasteiger partial charge in [-0.1, -0.05) is 6.07 Å². The van der Waals surface area contributed by atoms with E-state index >= 15 is 0 Å². The van der Waals surface area contributed by atoms with Gasteiger partial charge in [0.25, 0.3) is 5.91 Å². The Morgan fingerprint density at radius 3 is 2.61 bits per heavy atom. The molecule has 0 fully saturated rings. The molecular weight excluding hydrogens is 539 g/mol. The highest BCUT2D eigenvalue weighted by Gasteiger charge is 2.08. The minimum absolute atomic E-state index is 0.246. The molecular formula is C16H13Br2IN2O2. The highest BCUT2D eigenvalue weighted by molar-refractivity contribution is 14.1. The van der Waals surface area contributed by atoms with Crippen LogP contribution < -0.4 is 10.2 Å². The zero-order valence-electron chi connectivity index (χ0n) is 12.1. The van der Waals surface area contributed by atoms with Crippen molar-refractivity contribution in [2.75, 3.05) is 6.61 Å². The standard InChI is InChI=1S/C16H13Br2IN2O2/c1-2-23-15-13(17)6-10(7-14(15)18)9-20-21-16(22)11-4-3-5-12(19)8-11/h3-9H,2H2,1H3,(H,21,22)/b20-9-. The Morgan fingerprint density at radius 2 is 2.00 bits per heavy atom. The largest absolute Gasteiger partial charge is 0.492 e. The van der Waals surface area contributed by atoms with Crippen LogP contribution in [0.15, 0.2) is 50.4 Å². The number of amides is 1. The summed E-state index contributed by atoms with van der Waals surface area (Å²) in [5, 5.41) is 4.00. The normalized spacial score (nSPS) is 10.8. The molecule has 2 rings (SSSR count). The molecule has 0 spiro atoms. The van der Waals surface area contributed by atoms with Crippen molar-refractivity contribution in [3.8, 4) is 5.75 Å². The van der Waals surface area contributed by atoms with E-state index in [4.69, 9.17) is 4.74 Å². The number of hydrogen-bond donors (Lipinski definition) is 1. The van der Waals surface area contributed by atoms with Gasteiger partial charge in [-0.2, -0.15) is 5.10 Å². The number of halogens is 3. The maximum absolute atomic E-state index is 12.0. The predicted octanol–water partition coefficient (Wildman–Crippen LogP) is 4.98. The van der Waals surface area contributed by atoms with Crippen molar-refractivity contribution in [2.45, 2.75) is 6.92 Å². The lowest BCUT2D eigenvalue weighted by Gasteiger charge is -2.09. The topological polar surface area (TPSA) is 50.7 Å². The van der Waals surface area contributed by atoms with Gasteiger partial charge in [-0.15, -0.1) is 0 Å². The van der Waals surface area contributed by atoms with Gasteiger partial charge in [-0.25, -0.2) is 5.43 Å². The van der Waals surface area contributed by atoms with E-state index < -0.39 is 0 Å². The molecule has 0 aliphatic rings. The molecule has 0 aliphatic carbocycles. The molecule has 4 nitrogen and oxygen atoms in total. The summed E-state index contributed by atoms with van der Waals surface area (Å²) in [4.78, 5) is 12.0. The minimum atomic E-state index is -0.246. The molecule has 0 aliphatic heterocycles. The van der Waals surface area contributed by atoms with Gasteiger partial charge in [0.05, 0.1) is 21.8 Å². The third-order valence-electron chi connectivity index (χ3n) is 2.78. The van der Waals surface area contributed by atoms with Crippen molar-refractivity contribution in [3.63, 3.8) is 0 Å². The average Bonchev–Trinajstić information content (AvgIpc) is 2.51. The maximum Gasteiger partial charge on any atom is 0.271 e.